The van der Waals surface area contributed by atoms with E-state index in [9.17, 15) is 8.78 Å². The summed E-state index contributed by atoms with van der Waals surface area (Å²) in [7, 11) is 0. The van der Waals surface area contributed by atoms with Crippen LogP contribution in [0.1, 0.15) is 34.1 Å². The highest BCUT2D eigenvalue weighted by molar-refractivity contribution is 5.27. The van der Waals surface area contributed by atoms with Crippen LogP contribution in [0.2, 0.25) is 0 Å². The predicted molar refractivity (Wildman–Crippen MR) is 80.6 cm³/mol. The largest absolute Gasteiger partial charge is 0.488 e. The standard InChI is InChI=1S/C16H25F2NO/c1-7-13(4)19-14(5)12(3)9-10-15(8-2)20-11-16(6,17)18/h8-10,14,19H,3-4,7,11H2,1-2,5-6H3/b10-9-,15-8+. The minimum absolute atomic E-state index is 0.0319. The molecule has 0 aromatic rings. The first kappa shape index (κ1) is 18.4. The van der Waals surface area contributed by atoms with Crippen molar-refractivity contribution in [2.24, 2.45) is 0 Å². The van der Waals surface area contributed by atoms with Crippen molar-refractivity contribution < 1.29 is 13.5 Å². The van der Waals surface area contributed by atoms with Crippen molar-refractivity contribution in [3.8, 4) is 0 Å². The Morgan fingerprint density at radius 3 is 2.40 bits per heavy atom. The summed E-state index contributed by atoms with van der Waals surface area (Å²) in [4.78, 5) is 0. The van der Waals surface area contributed by atoms with Crippen molar-refractivity contribution >= 4 is 0 Å². The van der Waals surface area contributed by atoms with Gasteiger partial charge >= 0.3 is 0 Å². The molecule has 0 aliphatic heterocycles. The van der Waals surface area contributed by atoms with Crippen LogP contribution in [0, 0.1) is 0 Å². The predicted octanol–water partition coefficient (Wildman–Crippen LogP) is 4.58. The number of nitrogens with one attached hydrogen (secondary N) is 1. The van der Waals surface area contributed by atoms with Gasteiger partial charge in [-0.2, -0.15) is 0 Å². The Morgan fingerprint density at radius 1 is 1.35 bits per heavy atom. The third-order valence-corrected chi connectivity index (χ3v) is 2.64. The highest BCUT2D eigenvalue weighted by Gasteiger charge is 2.21. The van der Waals surface area contributed by atoms with Crippen molar-refractivity contribution in [1.82, 2.24) is 5.32 Å². The van der Waals surface area contributed by atoms with Gasteiger partial charge in [-0.3, -0.25) is 0 Å². The van der Waals surface area contributed by atoms with E-state index in [0.717, 1.165) is 24.6 Å². The van der Waals surface area contributed by atoms with Crippen LogP contribution in [0.5, 0.6) is 0 Å². The smallest absolute Gasteiger partial charge is 0.278 e. The first-order chi connectivity index (χ1) is 9.19. The maximum absolute atomic E-state index is 12.7. The van der Waals surface area contributed by atoms with Gasteiger partial charge in [0.1, 0.15) is 5.76 Å². The van der Waals surface area contributed by atoms with E-state index in [1.807, 2.05) is 13.8 Å². The molecule has 20 heavy (non-hydrogen) atoms. The van der Waals surface area contributed by atoms with E-state index in [0.29, 0.717) is 5.76 Å². The molecule has 0 rings (SSSR count). The van der Waals surface area contributed by atoms with Crippen LogP contribution in [0.15, 0.2) is 48.4 Å². The second-order valence-corrected chi connectivity index (χ2v) is 4.78. The van der Waals surface area contributed by atoms with Gasteiger partial charge in [0.25, 0.3) is 5.92 Å². The summed E-state index contributed by atoms with van der Waals surface area (Å²) in [5.41, 5.74) is 1.76. The van der Waals surface area contributed by atoms with E-state index >= 15 is 0 Å². The van der Waals surface area contributed by atoms with Crippen LogP contribution in [0.25, 0.3) is 0 Å². The molecule has 0 radical (unpaired) electrons. The summed E-state index contributed by atoms with van der Waals surface area (Å²) in [6, 6.07) is 0.0319. The Bertz CT molecular complexity index is 392. The van der Waals surface area contributed by atoms with Crippen molar-refractivity contribution in [3.05, 3.63) is 48.4 Å². The molecule has 0 amide bonds. The highest BCUT2D eigenvalue weighted by atomic mass is 19.3. The maximum Gasteiger partial charge on any atom is 0.278 e. The van der Waals surface area contributed by atoms with Crippen LogP contribution in [-0.4, -0.2) is 18.6 Å². The van der Waals surface area contributed by atoms with Gasteiger partial charge < -0.3 is 10.1 Å². The van der Waals surface area contributed by atoms with E-state index in [2.05, 4.69) is 18.5 Å². The molecule has 0 spiro atoms. The average molecular weight is 285 g/mol. The van der Waals surface area contributed by atoms with Gasteiger partial charge in [-0.15, -0.1) is 0 Å². The lowest BCUT2D eigenvalue weighted by atomic mass is 10.1. The molecule has 1 atom stereocenters. The zero-order valence-corrected chi connectivity index (χ0v) is 12.8. The molecule has 4 heteroatoms. The monoisotopic (exact) mass is 285 g/mol. The van der Waals surface area contributed by atoms with E-state index in [1.165, 1.54) is 0 Å². The Balaban J connectivity index is 4.44. The number of halogens is 2. The van der Waals surface area contributed by atoms with Gasteiger partial charge in [0.2, 0.25) is 0 Å². The Morgan fingerprint density at radius 2 is 1.95 bits per heavy atom. The Labute approximate surface area is 120 Å². The minimum atomic E-state index is -2.84. The molecule has 2 nitrogen and oxygen atoms in total. The lowest BCUT2D eigenvalue weighted by Gasteiger charge is -2.17. The molecule has 0 aliphatic rings. The number of allylic oxidation sites excluding steroid dienone is 3. The molecular formula is C16H25F2NO. The van der Waals surface area contributed by atoms with Gasteiger partial charge in [-0.25, -0.2) is 8.78 Å². The van der Waals surface area contributed by atoms with Crippen LogP contribution in [0.4, 0.5) is 8.78 Å². The summed E-state index contributed by atoms with van der Waals surface area (Å²) in [5, 5.41) is 3.20. The summed E-state index contributed by atoms with van der Waals surface area (Å²) < 4.78 is 30.5. The van der Waals surface area contributed by atoms with E-state index < -0.39 is 12.5 Å². The quantitative estimate of drug-likeness (QED) is 0.494. The molecule has 1 N–H and O–H groups in total. The fourth-order valence-electron chi connectivity index (χ4n) is 1.27. The average Bonchev–Trinajstić information content (AvgIpc) is 2.37. The number of hydrogen-bond donors (Lipinski definition) is 1. The van der Waals surface area contributed by atoms with Crippen LogP contribution < -0.4 is 5.32 Å². The first-order valence-electron chi connectivity index (χ1n) is 6.67. The number of alkyl halides is 2. The van der Waals surface area contributed by atoms with E-state index in [-0.39, 0.29) is 6.04 Å². The van der Waals surface area contributed by atoms with Gasteiger partial charge in [0.15, 0.2) is 6.61 Å². The van der Waals surface area contributed by atoms with Crippen molar-refractivity contribution in [1.29, 1.82) is 0 Å². The normalized spacial score (nSPS) is 14.2. The molecular weight excluding hydrogens is 260 g/mol. The second-order valence-electron chi connectivity index (χ2n) is 4.78. The molecule has 0 heterocycles. The number of ether oxygens (including phenoxy) is 1. The molecule has 0 fully saturated rings. The van der Waals surface area contributed by atoms with Crippen molar-refractivity contribution in [3.63, 3.8) is 0 Å². The number of hydrogen-bond acceptors (Lipinski definition) is 2. The second kappa shape index (κ2) is 8.56. The molecule has 0 bridgehead atoms. The Hall–Kier alpha value is -1.58. The zero-order valence-electron chi connectivity index (χ0n) is 12.8. The molecule has 0 aromatic carbocycles. The third-order valence-electron chi connectivity index (χ3n) is 2.64. The summed E-state index contributed by atoms with van der Waals surface area (Å²) in [6.45, 7) is 13.7. The summed E-state index contributed by atoms with van der Waals surface area (Å²) in [6.07, 6.45) is 5.87. The summed E-state index contributed by atoms with van der Waals surface area (Å²) >= 11 is 0. The molecule has 0 saturated heterocycles. The van der Waals surface area contributed by atoms with Gasteiger partial charge in [-0.1, -0.05) is 26.2 Å². The SMILES string of the molecule is C=C(CC)NC(C)C(=C)/C=C\C(=C/C)OCC(C)(F)F. The lowest BCUT2D eigenvalue weighted by Crippen LogP contribution is -2.25. The maximum atomic E-state index is 12.7. The van der Waals surface area contributed by atoms with E-state index in [4.69, 9.17) is 4.74 Å². The van der Waals surface area contributed by atoms with Gasteiger partial charge in [-0.05, 0) is 38.0 Å². The van der Waals surface area contributed by atoms with Crippen LogP contribution >= 0.6 is 0 Å². The topological polar surface area (TPSA) is 21.3 Å². The fraction of sp³-hybridized carbons (Fsp3) is 0.500. The van der Waals surface area contributed by atoms with Crippen LogP contribution in [-0.2, 0) is 4.74 Å². The zero-order chi connectivity index (χ0) is 15.8. The third kappa shape index (κ3) is 8.51. The minimum Gasteiger partial charge on any atom is -0.488 e. The van der Waals surface area contributed by atoms with Crippen LogP contribution in [0.3, 0.4) is 0 Å². The first-order valence-corrected chi connectivity index (χ1v) is 6.67. The Kier molecular flexibility index (Phi) is 7.89. The molecule has 0 aromatic heterocycles. The van der Waals surface area contributed by atoms with Crippen molar-refractivity contribution in [2.75, 3.05) is 6.61 Å². The number of rotatable bonds is 9. The van der Waals surface area contributed by atoms with E-state index in [1.54, 1.807) is 25.2 Å². The van der Waals surface area contributed by atoms with Gasteiger partial charge in [0, 0.05) is 18.7 Å². The highest BCUT2D eigenvalue weighted by Crippen LogP contribution is 2.15. The fourth-order valence-corrected chi connectivity index (χ4v) is 1.27. The molecule has 0 saturated carbocycles. The summed E-state index contributed by atoms with van der Waals surface area (Å²) in [5.74, 6) is -2.44. The van der Waals surface area contributed by atoms with Gasteiger partial charge in [0.05, 0.1) is 0 Å². The lowest BCUT2D eigenvalue weighted by molar-refractivity contribution is -0.0417. The molecule has 114 valence electrons. The molecule has 1 unspecified atom stereocenters. The van der Waals surface area contributed by atoms with Crippen molar-refractivity contribution in [2.45, 2.75) is 46.1 Å². The molecule has 0 aliphatic carbocycles.